The molecule has 0 bridgehead atoms. The van der Waals surface area contributed by atoms with Crippen molar-refractivity contribution < 1.29 is 36.2 Å². The topological polar surface area (TPSA) is 123 Å². The van der Waals surface area contributed by atoms with Gasteiger partial charge in [-0.2, -0.15) is 18.3 Å². The van der Waals surface area contributed by atoms with Crippen LogP contribution in [0.25, 0.3) is 10.6 Å². The third-order valence-electron chi connectivity index (χ3n) is 7.10. The van der Waals surface area contributed by atoms with Gasteiger partial charge in [-0.15, -0.1) is 11.3 Å². The van der Waals surface area contributed by atoms with Crippen molar-refractivity contribution >= 4 is 27.3 Å². The maximum atomic E-state index is 13.5. The van der Waals surface area contributed by atoms with E-state index in [4.69, 9.17) is 4.74 Å². The highest BCUT2D eigenvalue weighted by atomic mass is 32.2. The predicted octanol–water partition coefficient (Wildman–Crippen LogP) is 4.69. The molecule has 4 aromatic rings. The molecule has 1 aliphatic heterocycles. The zero-order valence-electron chi connectivity index (χ0n) is 23.3. The summed E-state index contributed by atoms with van der Waals surface area (Å²) in [7, 11) is -3.13. The van der Waals surface area contributed by atoms with Crippen LogP contribution in [-0.2, 0) is 29.7 Å². The molecule has 0 radical (unpaired) electrons. The number of amides is 1. The van der Waals surface area contributed by atoms with Gasteiger partial charge in [0.05, 0.1) is 10.9 Å². The summed E-state index contributed by atoms with van der Waals surface area (Å²) in [5.74, 6) is -0.0833. The number of alkyl halides is 3. The molecule has 1 aliphatic rings. The van der Waals surface area contributed by atoms with Gasteiger partial charge in [0.1, 0.15) is 33.1 Å². The number of fused-ring (bicyclic) bond motifs is 1. The quantitative estimate of drug-likeness (QED) is 0.259. The van der Waals surface area contributed by atoms with Crippen molar-refractivity contribution in [1.82, 2.24) is 19.8 Å². The van der Waals surface area contributed by atoms with E-state index in [0.717, 1.165) is 30.0 Å². The molecule has 0 fully saturated rings. The summed E-state index contributed by atoms with van der Waals surface area (Å²) < 4.78 is 75.7. The normalized spacial score (nSPS) is 18.1. The lowest BCUT2D eigenvalue weighted by molar-refractivity contribution is -0.143. The van der Waals surface area contributed by atoms with Gasteiger partial charge in [-0.05, 0) is 62.2 Å². The number of aryl methyl sites for hydroxylation is 1. The minimum absolute atomic E-state index is 0.0261. The number of sulfonamides is 1. The lowest BCUT2D eigenvalue weighted by atomic mass is 9.86. The number of nitrogens with zero attached hydrogens (tertiary/aromatic N) is 2. The lowest BCUT2D eigenvalue weighted by Crippen LogP contribution is -2.53. The van der Waals surface area contributed by atoms with Crippen LogP contribution in [0.5, 0.6) is 5.75 Å². The molecule has 2 atom stereocenters. The number of aliphatic hydroxyl groups excluding tert-OH is 1. The zero-order valence-corrected chi connectivity index (χ0v) is 25.0. The van der Waals surface area contributed by atoms with E-state index in [-0.39, 0.29) is 31.8 Å². The highest BCUT2D eigenvalue weighted by molar-refractivity contribution is 7.91. The third kappa shape index (κ3) is 6.47. The first-order valence-electron chi connectivity index (χ1n) is 13.2. The number of rotatable bonds is 8. The van der Waals surface area contributed by atoms with E-state index in [1.54, 1.807) is 26.0 Å². The van der Waals surface area contributed by atoms with Crippen LogP contribution in [0.2, 0.25) is 0 Å². The van der Waals surface area contributed by atoms with Gasteiger partial charge in [0, 0.05) is 24.7 Å². The SMILES string of the molecule is Cn1nc(-c2ccc(S(=O)(=O)N[C@@H]3c4cc(C(=O)NCCc5ccccc5)ccc4OC(C)(C)[C@H]3O)s2)cc1C(F)(F)F. The number of aliphatic hydroxyl groups is 1. The van der Waals surface area contributed by atoms with Crippen LogP contribution >= 0.6 is 11.3 Å². The van der Waals surface area contributed by atoms with E-state index in [2.05, 4.69) is 15.1 Å². The van der Waals surface area contributed by atoms with Gasteiger partial charge in [-0.3, -0.25) is 9.48 Å². The molecular formula is C29H29F3N4O5S2. The molecule has 2 aromatic heterocycles. The Balaban J connectivity index is 1.39. The molecule has 0 saturated carbocycles. The van der Waals surface area contributed by atoms with E-state index >= 15 is 0 Å². The molecule has 3 N–H and O–H groups in total. The van der Waals surface area contributed by atoms with Crippen molar-refractivity contribution in [2.24, 2.45) is 7.05 Å². The average molecular weight is 635 g/mol. The van der Waals surface area contributed by atoms with Crippen molar-refractivity contribution in [2.75, 3.05) is 6.54 Å². The van der Waals surface area contributed by atoms with E-state index in [1.165, 1.54) is 18.2 Å². The number of thiophene rings is 1. The number of halogens is 3. The van der Waals surface area contributed by atoms with Crippen molar-refractivity contribution in [2.45, 2.75) is 48.4 Å². The summed E-state index contributed by atoms with van der Waals surface area (Å²) >= 11 is 0.741. The number of carbonyl (C=O) groups excluding carboxylic acids is 1. The van der Waals surface area contributed by atoms with E-state index in [0.29, 0.717) is 23.4 Å². The van der Waals surface area contributed by atoms with Gasteiger partial charge < -0.3 is 15.2 Å². The Labute approximate surface area is 250 Å². The molecule has 228 valence electrons. The zero-order chi connectivity index (χ0) is 31.2. The van der Waals surface area contributed by atoms with Crippen molar-refractivity contribution in [1.29, 1.82) is 0 Å². The number of nitrogens with one attached hydrogen (secondary N) is 2. The minimum atomic E-state index is -4.62. The molecule has 2 aromatic carbocycles. The Bertz CT molecular complexity index is 1750. The van der Waals surface area contributed by atoms with Crippen molar-refractivity contribution in [3.05, 3.63) is 89.1 Å². The Morgan fingerprint density at radius 1 is 1.12 bits per heavy atom. The summed E-state index contributed by atoms with van der Waals surface area (Å²) in [6.07, 6.45) is -5.35. The summed E-state index contributed by atoms with van der Waals surface area (Å²) in [4.78, 5) is 13.2. The minimum Gasteiger partial charge on any atom is -0.485 e. The molecular weight excluding hydrogens is 605 g/mol. The molecule has 5 rings (SSSR count). The molecule has 0 spiro atoms. The average Bonchev–Trinajstić information content (AvgIpc) is 3.59. The molecule has 1 amide bonds. The monoisotopic (exact) mass is 634 g/mol. The van der Waals surface area contributed by atoms with Gasteiger partial charge >= 0.3 is 6.18 Å². The maximum Gasteiger partial charge on any atom is 0.433 e. The van der Waals surface area contributed by atoms with Crippen LogP contribution in [0, 0.1) is 0 Å². The number of ether oxygens (including phenoxy) is 1. The number of hydrogen-bond acceptors (Lipinski definition) is 7. The largest absolute Gasteiger partial charge is 0.485 e. The fourth-order valence-corrected chi connectivity index (χ4v) is 7.32. The maximum absolute atomic E-state index is 13.5. The summed E-state index contributed by atoms with van der Waals surface area (Å²) in [5, 5.41) is 17.9. The van der Waals surface area contributed by atoms with E-state index < -0.39 is 39.6 Å². The third-order valence-corrected chi connectivity index (χ3v) is 10.1. The van der Waals surface area contributed by atoms with E-state index in [1.807, 2.05) is 30.3 Å². The second-order valence-corrected chi connectivity index (χ2v) is 13.7. The number of carbonyl (C=O) groups is 1. The first-order valence-corrected chi connectivity index (χ1v) is 15.5. The van der Waals surface area contributed by atoms with Crippen molar-refractivity contribution in [3.8, 4) is 16.3 Å². The lowest BCUT2D eigenvalue weighted by Gasteiger charge is -2.42. The van der Waals surface area contributed by atoms with Crippen LogP contribution in [0.1, 0.15) is 47.1 Å². The van der Waals surface area contributed by atoms with Crippen LogP contribution < -0.4 is 14.8 Å². The van der Waals surface area contributed by atoms with Gasteiger partial charge in [-0.1, -0.05) is 30.3 Å². The highest BCUT2D eigenvalue weighted by Crippen LogP contribution is 2.42. The van der Waals surface area contributed by atoms with E-state index in [9.17, 15) is 31.5 Å². The molecule has 9 nitrogen and oxygen atoms in total. The second-order valence-electron chi connectivity index (χ2n) is 10.6. The number of hydrogen-bond donors (Lipinski definition) is 3. The first kappa shape index (κ1) is 30.7. The van der Waals surface area contributed by atoms with Gasteiger partial charge in [0.2, 0.25) is 0 Å². The van der Waals surface area contributed by atoms with Crippen LogP contribution in [0.3, 0.4) is 0 Å². The molecule has 0 unspecified atom stereocenters. The van der Waals surface area contributed by atoms with Gasteiger partial charge in [0.15, 0.2) is 0 Å². The van der Waals surface area contributed by atoms with Crippen LogP contribution in [-0.4, -0.2) is 47.5 Å². The second kappa shape index (κ2) is 11.4. The molecule has 0 aliphatic carbocycles. The molecule has 0 saturated heterocycles. The summed E-state index contributed by atoms with van der Waals surface area (Å²) in [5.41, 5.74) is -0.614. The molecule has 14 heteroatoms. The summed E-state index contributed by atoms with van der Waals surface area (Å²) in [6, 6.07) is 16.5. The van der Waals surface area contributed by atoms with Gasteiger partial charge in [0.25, 0.3) is 15.9 Å². The summed E-state index contributed by atoms with van der Waals surface area (Å²) in [6.45, 7) is 3.59. The fraction of sp³-hybridized carbons (Fsp3) is 0.310. The fourth-order valence-electron chi connectivity index (χ4n) is 4.82. The molecule has 3 heterocycles. The Morgan fingerprint density at radius 3 is 2.51 bits per heavy atom. The predicted molar refractivity (Wildman–Crippen MR) is 154 cm³/mol. The Kier molecular flexibility index (Phi) is 8.15. The van der Waals surface area contributed by atoms with Crippen LogP contribution in [0.15, 0.2) is 70.9 Å². The van der Waals surface area contributed by atoms with Crippen molar-refractivity contribution in [3.63, 3.8) is 0 Å². The van der Waals surface area contributed by atoms with Gasteiger partial charge in [-0.25, -0.2) is 13.1 Å². The Hall–Kier alpha value is -3.72. The number of aromatic nitrogens is 2. The smallest absolute Gasteiger partial charge is 0.433 e. The highest BCUT2D eigenvalue weighted by Gasteiger charge is 2.45. The standard InChI is InChI=1S/C29H29F3N4O5S2/c1-28(2)26(37)25(19-15-18(9-10-21(19)41-28)27(38)33-14-13-17-7-5-4-6-8-17)35-43(39,40)24-12-11-22(42-24)20-16-23(29(30,31)32)36(3)34-20/h4-12,15-16,25-26,35,37H,13-14H2,1-3H3,(H,33,38)/t25-,26+/m1/s1. The Morgan fingerprint density at radius 2 is 1.84 bits per heavy atom. The van der Waals surface area contributed by atoms with Crippen LogP contribution in [0.4, 0.5) is 13.2 Å². The first-order chi connectivity index (χ1) is 20.2. The molecule has 43 heavy (non-hydrogen) atoms. The number of benzene rings is 2.